The van der Waals surface area contributed by atoms with Gasteiger partial charge in [0.25, 0.3) is 0 Å². The molecule has 1 heterocycles. The molecular formula is C11H15NO. The molecule has 1 aromatic rings. The molecule has 2 N–H and O–H groups in total. The summed E-state index contributed by atoms with van der Waals surface area (Å²) in [4.78, 5) is 0. The first kappa shape index (κ1) is 8.57. The first-order chi connectivity index (χ1) is 6.11. The van der Waals surface area contributed by atoms with Crippen LogP contribution < -0.4 is 10.5 Å². The van der Waals surface area contributed by atoms with Crippen molar-refractivity contribution in [2.24, 2.45) is 11.1 Å². The number of rotatable bonds is 0. The molecule has 13 heavy (non-hydrogen) atoms. The maximum Gasteiger partial charge on any atom is 0.124 e. The minimum absolute atomic E-state index is 0.0361. The molecule has 1 aliphatic rings. The van der Waals surface area contributed by atoms with E-state index in [9.17, 15) is 0 Å². The first-order valence-corrected chi connectivity index (χ1v) is 4.58. The average molecular weight is 177 g/mol. The SMILES string of the molecule is CC1(C)COc2ccccc2[C@H]1N. The molecule has 1 aliphatic heterocycles. The van der Waals surface area contributed by atoms with Crippen LogP contribution >= 0.6 is 0 Å². The number of para-hydroxylation sites is 1. The molecule has 0 radical (unpaired) electrons. The molecule has 0 spiro atoms. The van der Waals surface area contributed by atoms with Crippen LogP contribution in [0.25, 0.3) is 0 Å². The molecule has 0 aliphatic carbocycles. The van der Waals surface area contributed by atoms with E-state index < -0.39 is 0 Å². The van der Waals surface area contributed by atoms with Crippen molar-refractivity contribution in [2.45, 2.75) is 19.9 Å². The Morgan fingerprint density at radius 3 is 2.85 bits per heavy atom. The summed E-state index contributed by atoms with van der Waals surface area (Å²) < 4.78 is 5.63. The predicted molar refractivity (Wildman–Crippen MR) is 52.6 cm³/mol. The van der Waals surface area contributed by atoms with Crippen molar-refractivity contribution >= 4 is 0 Å². The van der Waals surface area contributed by atoms with E-state index in [0.717, 1.165) is 11.3 Å². The third-order valence-electron chi connectivity index (χ3n) is 2.70. The lowest BCUT2D eigenvalue weighted by atomic mass is 9.80. The zero-order valence-electron chi connectivity index (χ0n) is 8.08. The molecule has 70 valence electrons. The minimum atomic E-state index is 0.0361. The first-order valence-electron chi connectivity index (χ1n) is 4.58. The van der Waals surface area contributed by atoms with Crippen LogP contribution in [0.2, 0.25) is 0 Å². The lowest BCUT2D eigenvalue weighted by Crippen LogP contribution is -2.38. The van der Waals surface area contributed by atoms with Crippen molar-refractivity contribution in [3.8, 4) is 5.75 Å². The quantitative estimate of drug-likeness (QED) is 0.658. The molecule has 0 saturated heterocycles. The topological polar surface area (TPSA) is 35.2 Å². The summed E-state index contributed by atoms with van der Waals surface area (Å²) in [5.74, 6) is 0.939. The van der Waals surface area contributed by atoms with Gasteiger partial charge in [-0.05, 0) is 6.07 Å². The molecular weight excluding hydrogens is 162 g/mol. The Morgan fingerprint density at radius 1 is 1.38 bits per heavy atom. The Bertz CT molecular complexity index is 320. The molecule has 0 saturated carbocycles. The van der Waals surface area contributed by atoms with E-state index in [1.807, 2.05) is 24.3 Å². The number of nitrogens with two attached hydrogens (primary N) is 1. The van der Waals surface area contributed by atoms with E-state index in [1.165, 1.54) is 0 Å². The monoisotopic (exact) mass is 177 g/mol. The summed E-state index contributed by atoms with van der Waals surface area (Å²) >= 11 is 0. The summed E-state index contributed by atoms with van der Waals surface area (Å²) in [5.41, 5.74) is 7.30. The van der Waals surface area contributed by atoms with Gasteiger partial charge in [-0.15, -0.1) is 0 Å². The molecule has 2 nitrogen and oxygen atoms in total. The fourth-order valence-corrected chi connectivity index (χ4v) is 1.64. The summed E-state index contributed by atoms with van der Waals surface area (Å²) in [7, 11) is 0. The van der Waals surface area contributed by atoms with Crippen LogP contribution in [0.15, 0.2) is 24.3 Å². The summed E-state index contributed by atoms with van der Waals surface area (Å²) in [6, 6.07) is 8.08. The maximum atomic E-state index is 6.14. The number of hydrogen-bond acceptors (Lipinski definition) is 2. The van der Waals surface area contributed by atoms with Crippen LogP contribution in [0.3, 0.4) is 0 Å². The van der Waals surface area contributed by atoms with Gasteiger partial charge in [0.1, 0.15) is 5.75 Å². The van der Waals surface area contributed by atoms with E-state index in [1.54, 1.807) is 0 Å². The highest BCUT2D eigenvalue weighted by Gasteiger charge is 2.34. The van der Waals surface area contributed by atoms with Crippen molar-refractivity contribution in [3.05, 3.63) is 29.8 Å². The van der Waals surface area contributed by atoms with Crippen LogP contribution in [0.5, 0.6) is 5.75 Å². The Kier molecular flexibility index (Phi) is 1.81. The molecule has 0 aromatic heterocycles. The second-order valence-corrected chi connectivity index (χ2v) is 4.29. The van der Waals surface area contributed by atoms with E-state index in [4.69, 9.17) is 10.5 Å². The van der Waals surface area contributed by atoms with E-state index >= 15 is 0 Å². The fraction of sp³-hybridized carbons (Fsp3) is 0.455. The Hall–Kier alpha value is -1.02. The zero-order chi connectivity index (χ0) is 9.47. The Morgan fingerprint density at radius 2 is 2.08 bits per heavy atom. The second kappa shape index (κ2) is 2.74. The van der Waals surface area contributed by atoms with Gasteiger partial charge < -0.3 is 10.5 Å². The molecule has 0 fully saturated rings. The molecule has 2 heteroatoms. The Balaban J connectivity index is 2.45. The van der Waals surface area contributed by atoms with Crippen molar-refractivity contribution in [1.29, 1.82) is 0 Å². The molecule has 2 rings (SSSR count). The highest BCUT2D eigenvalue weighted by molar-refractivity contribution is 5.38. The highest BCUT2D eigenvalue weighted by atomic mass is 16.5. The van der Waals surface area contributed by atoms with Gasteiger partial charge in [-0.2, -0.15) is 0 Å². The van der Waals surface area contributed by atoms with Crippen LogP contribution in [0.4, 0.5) is 0 Å². The summed E-state index contributed by atoms with van der Waals surface area (Å²) in [5, 5.41) is 0. The largest absolute Gasteiger partial charge is 0.493 e. The van der Waals surface area contributed by atoms with E-state index in [2.05, 4.69) is 13.8 Å². The second-order valence-electron chi connectivity index (χ2n) is 4.29. The molecule has 0 unspecified atom stereocenters. The van der Waals surface area contributed by atoms with Gasteiger partial charge in [-0.1, -0.05) is 32.0 Å². The lowest BCUT2D eigenvalue weighted by Gasteiger charge is -2.37. The maximum absolute atomic E-state index is 6.14. The average Bonchev–Trinajstić information content (AvgIpc) is 2.13. The van der Waals surface area contributed by atoms with Crippen molar-refractivity contribution in [3.63, 3.8) is 0 Å². The smallest absolute Gasteiger partial charge is 0.124 e. The predicted octanol–water partition coefficient (Wildman–Crippen LogP) is 2.10. The number of ether oxygens (including phenoxy) is 1. The normalized spacial score (nSPS) is 24.7. The van der Waals surface area contributed by atoms with Gasteiger partial charge in [0, 0.05) is 17.0 Å². The standard InChI is InChI=1S/C11H15NO/c1-11(2)7-13-9-6-4-3-5-8(9)10(11)12/h3-6,10H,7,12H2,1-2H3/t10-/m1/s1. The number of fused-ring (bicyclic) bond motifs is 1. The van der Waals surface area contributed by atoms with Crippen LogP contribution in [-0.2, 0) is 0 Å². The van der Waals surface area contributed by atoms with Crippen LogP contribution in [-0.4, -0.2) is 6.61 Å². The fourth-order valence-electron chi connectivity index (χ4n) is 1.64. The molecule has 0 amide bonds. The summed E-state index contributed by atoms with van der Waals surface area (Å²) in [6.07, 6.45) is 0. The van der Waals surface area contributed by atoms with Gasteiger partial charge in [0.15, 0.2) is 0 Å². The van der Waals surface area contributed by atoms with Gasteiger partial charge in [0.2, 0.25) is 0 Å². The highest BCUT2D eigenvalue weighted by Crippen LogP contribution is 2.40. The van der Waals surface area contributed by atoms with Gasteiger partial charge in [0.05, 0.1) is 6.61 Å². The van der Waals surface area contributed by atoms with Gasteiger partial charge in [-0.25, -0.2) is 0 Å². The minimum Gasteiger partial charge on any atom is -0.493 e. The third-order valence-corrected chi connectivity index (χ3v) is 2.70. The Labute approximate surface area is 78.7 Å². The van der Waals surface area contributed by atoms with Crippen molar-refractivity contribution < 1.29 is 4.74 Å². The number of benzene rings is 1. The molecule has 1 aromatic carbocycles. The van der Waals surface area contributed by atoms with E-state index in [-0.39, 0.29) is 11.5 Å². The van der Waals surface area contributed by atoms with Crippen molar-refractivity contribution in [2.75, 3.05) is 6.61 Å². The molecule has 1 atom stereocenters. The third kappa shape index (κ3) is 1.31. The van der Waals surface area contributed by atoms with Gasteiger partial charge in [-0.3, -0.25) is 0 Å². The van der Waals surface area contributed by atoms with Gasteiger partial charge >= 0.3 is 0 Å². The lowest BCUT2D eigenvalue weighted by molar-refractivity contribution is 0.122. The summed E-state index contributed by atoms with van der Waals surface area (Å²) in [6.45, 7) is 4.96. The van der Waals surface area contributed by atoms with Crippen LogP contribution in [0.1, 0.15) is 25.5 Å². The van der Waals surface area contributed by atoms with Crippen molar-refractivity contribution in [1.82, 2.24) is 0 Å². The van der Waals surface area contributed by atoms with Crippen LogP contribution in [0, 0.1) is 5.41 Å². The zero-order valence-corrected chi connectivity index (χ0v) is 8.08. The molecule has 0 bridgehead atoms. The van der Waals surface area contributed by atoms with E-state index in [0.29, 0.717) is 6.61 Å². The number of hydrogen-bond donors (Lipinski definition) is 1.